The average Bonchev–Trinajstić information content (AvgIpc) is 3.05. The molecule has 3 aromatic rings. The molecular formula is C18H16BrCl2N5O2S. The largest absolute Gasteiger partial charge is 0.481 e. The number of anilines is 1. The first kappa shape index (κ1) is 21.9. The van der Waals surface area contributed by atoms with E-state index < -0.39 is 6.10 Å². The molecule has 1 aromatic carbocycles. The first-order chi connectivity index (χ1) is 13.8. The summed E-state index contributed by atoms with van der Waals surface area (Å²) in [6.07, 6.45) is 1.22. The number of aromatic nitrogens is 4. The second kappa shape index (κ2) is 9.80. The third-order valence-corrected chi connectivity index (χ3v) is 5.78. The highest BCUT2D eigenvalue weighted by Crippen LogP contribution is 2.31. The number of ether oxygens (including phenoxy) is 1. The zero-order chi connectivity index (χ0) is 21.0. The number of pyridine rings is 1. The Morgan fingerprint density at radius 3 is 2.79 bits per heavy atom. The number of carbonyl (C=O) groups is 1. The van der Waals surface area contributed by atoms with Crippen molar-refractivity contribution < 1.29 is 9.53 Å². The van der Waals surface area contributed by atoms with Gasteiger partial charge in [0.15, 0.2) is 17.1 Å². The summed E-state index contributed by atoms with van der Waals surface area (Å²) < 4.78 is 8.50. The number of nitrogens with one attached hydrogen (secondary N) is 1. The zero-order valence-corrected chi connectivity index (χ0v) is 19.3. The molecule has 1 atom stereocenters. The highest BCUT2D eigenvalue weighted by Gasteiger charge is 2.19. The maximum atomic E-state index is 12.1. The van der Waals surface area contributed by atoms with Crippen LogP contribution in [0.4, 0.5) is 5.82 Å². The summed E-state index contributed by atoms with van der Waals surface area (Å²) in [4.78, 5) is 16.3. The highest BCUT2D eigenvalue weighted by molar-refractivity contribution is 9.10. The monoisotopic (exact) mass is 515 g/mol. The van der Waals surface area contributed by atoms with E-state index in [1.54, 1.807) is 41.1 Å². The number of amides is 1. The van der Waals surface area contributed by atoms with Crippen molar-refractivity contribution in [3.63, 3.8) is 0 Å². The van der Waals surface area contributed by atoms with Crippen LogP contribution >= 0.6 is 50.9 Å². The fraction of sp³-hybridized carbons (Fsp3) is 0.222. The van der Waals surface area contributed by atoms with E-state index in [1.165, 1.54) is 11.8 Å². The van der Waals surface area contributed by atoms with Crippen LogP contribution < -0.4 is 10.1 Å². The van der Waals surface area contributed by atoms with E-state index in [9.17, 15) is 4.79 Å². The van der Waals surface area contributed by atoms with Crippen molar-refractivity contribution in [3.05, 3.63) is 56.9 Å². The van der Waals surface area contributed by atoms with Crippen LogP contribution in [0.15, 0.2) is 46.2 Å². The minimum Gasteiger partial charge on any atom is -0.481 e. The van der Waals surface area contributed by atoms with Crippen molar-refractivity contribution >= 4 is 62.6 Å². The third-order valence-electron chi connectivity index (χ3n) is 3.76. The minimum atomic E-state index is -0.402. The van der Waals surface area contributed by atoms with Gasteiger partial charge in [-0.15, -0.1) is 10.2 Å². The summed E-state index contributed by atoms with van der Waals surface area (Å²) >= 11 is 16.6. The van der Waals surface area contributed by atoms with Gasteiger partial charge in [-0.05, 0) is 53.2 Å². The highest BCUT2D eigenvalue weighted by atomic mass is 79.9. The van der Waals surface area contributed by atoms with E-state index in [2.05, 4.69) is 36.4 Å². The molecule has 0 radical (unpaired) electrons. The topological polar surface area (TPSA) is 81.9 Å². The van der Waals surface area contributed by atoms with Crippen LogP contribution in [0.5, 0.6) is 5.75 Å². The molecule has 3 rings (SSSR count). The van der Waals surface area contributed by atoms with Crippen molar-refractivity contribution in [2.45, 2.75) is 18.2 Å². The lowest BCUT2D eigenvalue weighted by Crippen LogP contribution is -2.15. The molecule has 2 aromatic heterocycles. The molecule has 1 amide bonds. The lowest BCUT2D eigenvalue weighted by Gasteiger charge is -2.15. The Hall–Kier alpha value is -1.81. The van der Waals surface area contributed by atoms with Gasteiger partial charge in [0, 0.05) is 22.7 Å². The minimum absolute atomic E-state index is 0.169. The lowest BCUT2D eigenvalue weighted by atomic mass is 10.3. The van der Waals surface area contributed by atoms with E-state index in [0.717, 1.165) is 4.47 Å². The van der Waals surface area contributed by atoms with Gasteiger partial charge in [-0.25, -0.2) is 4.98 Å². The Kier molecular flexibility index (Phi) is 7.39. The number of benzene rings is 1. The molecule has 1 N–H and O–H groups in total. The standard InChI is InChI=1S/C18H16BrCl2N5O2S/c1-10(28-14-5-4-12(20)7-13(14)21)17-24-25-18(26(17)2)29-9-16(27)23-15-6-3-11(19)8-22-15/h3-8,10H,9H2,1-2H3,(H,22,23,27). The molecule has 152 valence electrons. The van der Waals surface area contributed by atoms with Gasteiger partial charge in [0.1, 0.15) is 11.6 Å². The summed E-state index contributed by atoms with van der Waals surface area (Å²) in [7, 11) is 1.81. The molecule has 0 aliphatic rings. The molecule has 0 fully saturated rings. The van der Waals surface area contributed by atoms with Crippen LogP contribution in [-0.2, 0) is 11.8 Å². The lowest BCUT2D eigenvalue weighted by molar-refractivity contribution is -0.113. The maximum Gasteiger partial charge on any atom is 0.236 e. The zero-order valence-electron chi connectivity index (χ0n) is 15.4. The molecule has 0 bridgehead atoms. The fourth-order valence-corrected chi connectivity index (χ4v) is 3.78. The Balaban J connectivity index is 1.59. The average molecular weight is 517 g/mol. The van der Waals surface area contributed by atoms with Gasteiger partial charge < -0.3 is 14.6 Å². The SMILES string of the molecule is CC(Oc1ccc(Cl)cc1Cl)c1nnc(SCC(=O)Nc2ccc(Br)cn2)n1C. The number of carbonyl (C=O) groups excluding carboxylic acids is 1. The molecule has 0 spiro atoms. The van der Waals surface area contributed by atoms with Crippen molar-refractivity contribution in [3.8, 4) is 5.75 Å². The summed E-state index contributed by atoms with van der Waals surface area (Å²) in [5.41, 5.74) is 0. The molecule has 11 heteroatoms. The molecule has 0 aliphatic carbocycles. The van der Waals surface area contributed by atoms with Gasteiger partial charge in [-0.3, -0.25) is 4.79 Å². The smallest absolute Gasteiger partial charge is 0.236 e. The van der Waals surface area contributed by atoms with Crippen molar-refractivity contribution in [1.29, 1.82) is 0 Å². The molecule has 0 saturated heterocycles. The van der Waals surface area contributed by atoms with Crippen LogP contribution in [-0.4, -0.2) is 31.4 Å². The molecular weight excluding hydrogens is 501 g/mol. The number of hydrogen-bond acceptors (Lipinski definition) is 6. The first-order valence-corrected chi connectivity index (χ1v) is 10.9. The second-order valence-corrected chi connectivity index (χ2v) is 8.63. The molecule has 1 unspecified atom stereocenters. The Labute approximate surface area is 190 Å². The summed E-state index contributed by atoms with van der Waals surface area (Å²) in [5, 5.41) is 12.6. The molecule has 2 heterocycles. The summed E-state index contributed by atoms with van der Waals surface area (Å²) in [6, 6.07) is 8.54. The van der Waals surface area contributed by atoms with Gasteiger partial charge >= 0.3 is 0 Å². The van der Waals surface area contributed by atoms with Gasteiger partial charge in [-0.2, -0.15) is 0 Å². The van der Waals surface area contributed by atoms with E-state index in [-0.39, 0.29) is 11.7 Å². The molecule has 0 saturated carbocycles. The van der Waals surface area contributed by atoms with Crippen molar-refractivity contribution in [2.75, 3.05) is 11.1 Å². The Morgan fingerprint density at radius 1 is 1.31 bits per heavy atom. The maximum absolute atomic E-state index is 12.1. The first-order valence-electron chi connectivity index (χ1n) is 8.38. The van der Waals surface area contributed by atoms with E-state index in [0.29, 0.717) is 32.6 Å². The number of halogens is 3. The molecule has 0 aliphatic heterocycles. The normalized spacial score (nSPS) is 11.9. The molecule has 7 nitrogen and oxygen atoms in total. The predicted octanol–water partition coefficient (Wildman–Crippen LogP) is 5.15. The Morgan fingerprint density at radius 2 is 2.10 bits per heavy atom. The third kappa shape index (κ3) is 5.85. The van der Waals surface area contributed by atoms with Crippen molar-refractivity contribution in [2.24, 2.45) is 7.05 Å². The summed E-state index contributed by atoms with van der Waals surface area (Å²) in [5.74, 6) is 1.57. The van der Waals surface area contributed by atoms with Crippen LogP contribution in [0.1, 0.15) is 18.9 Å². The second-order valence-electron chi connectivity index (χ2n) is 5.93. The quantitative estimate of drug-likeness (QED) is 0.437. The fourth-order valence-electron chi connectivity index (χ4n) is 2.38. The number of hydrogen-bond donors (Lipinski definition) is 1. The van der Waals surface area contributed by atoms with Crippen molar-refractivity contribution in [1.82, 2.24) is 19.7 Å². The van der Waals surface area contributed by atoms with Crippen LogP contribution in [0.25, 0.3) is 0 Å². The van der Waals surface area contributed by atoms with E-state index >= 15 is 0 Å². The van der Waals surface area contributed by atoms with Gasteiger partial charge in [0.05, 0.1) is 10.8 Å². The van der Waals surface area contributed by atoms with E-state index in [4.69, 9.17) is 27.9 Å². The van der Waals surface area contributed by atoms with Gasteiger partial charge in [-0.1, -0.05) is 35.0 Å². The summed E-state index contributed by atoms with van der Waals surface area (Å²) in [6.45, 7) is 1.84. The number of rotatable bonds is 7. The van der Waals surface area contributed by atoms with Gasteiger partial charge in [0.2, 0.25) is 5.91 Å². The van der Waals surface area contributed by atoms with Gasteiger partial charge in [0.25, 0.3) is 0 Å². The van der Waals surface area contributed by atoms with Crippen LogP contribution in [0.3, 0.4) is 0 Å². The Bertz CT molecular complexity index is 1020. The number of nitrogens with zero attached hydrogens (tertiary/aromatic N) is 4. The van der Waals surface area contributed by atoms with Crippen LogP contribution in [0.2, 0.25) is 10.0 Å². The predicted molar refractivity (Wildman–Crippen MR) is 118 cm³/mol. The molecule has 29 heavy (non-hydrogen) atoms. The van der Waals surface area contributed by atoms with Crippen LogP contribution in [0, 0.1) is 0 Å². The van der Waals surface area contributed by atoms with E-state index in [1.807, 2.05) is 14.0 Å². The number of thioether (sulfide) groups is 1.